The van der Waals surface area contributed by atoms with Gasteiger partial charge in [0.2, 0.25) is 0 Å². The number of hydrogen-bond acceptors (Lipinski definition) is 1. The fourth-order valence-electron chi connectivity index (χ4n) is 1.10. The standard InChI is InChI=1S/C8H22OSi2/c1-6-9-11(4,5)8-7-10(2)3/h10H,6-8H2,1-5H3. The molecule has 0 atom stereocenters. The van der Waals surface area contributed by atoms with Gasteiger partial charge in [-0.2, -0.15) is 0 Å². The van der Waals surface area contributed by atoms with Crippen LogP contribution in [-0.2, 0) is 4.43 Å². The fraction of sp³-hybridized carbons (Fsp3) is 1.00. The van der Waals surface area contributed by atoms with Crippen LogP contribution < -0.4 is 0 Å². The Labute approximate surface area is 73.9 Å². The van der Waals surface area contributed by atoms with Crippen LogP contribution in [0.5, 0.6) is 0 Å². The van der Waals surface area contributed by atoms with E-state index in [1.807, 2.05) is 0 Å². The summed E-state index contributed by atoms with van der Waals surface area (Å²) in [6.45, 7) is 12.5. The minimum absolute atomic E-state index is 0.341. The molecule has 0 aliphatic rings. The normalized spacial score (nSPS) is 12.5. The zero-order valence-electron chi connectivity index (χ0n) is 8.61. The van der Waals surface area contributed by atoms with Gasteiger partial charge in [-0.3, -0.25) is 0 Å². The summed E-state index contributed by atoms with van der Waals surface area (Å²) in [5.41, 5.74) is 0. The Morgan fingerprint density at radius 3 is 2.18 bits per heavy atom. The first kappa shape index (κ1) is 11.4. The van der Waals surface area contributed by atoms with E-state index in [4.69, 9.17) is 4.43 Å². The van der Waals surface area contributed by atoms with Crippen molar-refractivity contribution < 1.29 is 4.43 Å². The minimum Gasteiger partial charge on any atom is -0.418 e. The topological polar surface area (TPSA) is 9.23 Å². The van der Waals surface area contributed by atoms with Crippen molar-refractivity contribution in [2.24, 2.45) is 0 Å². The molecular formula is C8H22OSi2. The first-order chi connectivity index (χ1) is 4.98. The van der Waals surface area contributed by atoms with E-state index in [9.17, 15) is 0 Å². The lowest BCUT2D eigenvalue weighted by atomic mass is 10.9. The average molecular weight is 190 g/mol. The molecule has 0 aliphatic heterocycles. The van der Waals surface area contributed by atoms with Crippen LogP contribution in [-0.4, -0.2) is 23.7 Å². The average Bonchev–Trinajstić information content (AvgIpc) is 1.84. The van der Waals surface area contributed by atoms with Crippen molar-refractivity contribution in [3.8, 4) is 0 Å². The van der Waals surface area contributed by atoms with Crippen molar-refractivity contribution in [2.75, 3.05) is 6.61 Å². The lowest BCUT2D eigenvalue weighted by molar-refractivity contribution is 0.330. The first-order valence-electron chi connectivity index (χ1n) is 4.62. The van der Waals surface area contributed by atoms with E-state index >= 15 is 0 Å². The summed E-state index contributed by atoms with van der Waals surface area (Å²) in [6.07, 6.45) is 0. The van der Waals surface area contributed by atoms with Crippen molar-refractivity contribution in [1.29, 1.82) is 0 Å². The van der Waals surface area contributed by atoms with Gasteiger partial charge < -0.3 is 4.43 Å². The van der Waals surface area contributed by atoms with E-state index in [1.54, 1.807) is 0 Å². The highest BCUT2D eigenvalue weighted by atomic mass is 28.4. The molecule has 0 bridgehead atoms. The second-order valence-electron chi connectivity index (χ2n) is 4.13. The van der Waals surface area contributed by atoms with Gasteiger partial charge in [0.05, 0.1) is 0 Å². The molecule has 0 saturated carbocycles. The molecule has 0 N–H and O–H groups in total. The van der Waals surface area contributed by atoms with E-state index in [1.165, 1.54) is 12.1 Å². The van der Waals surface area contributed by atoms with Crippen molar-refractivity contribution in [3.63, 3.8) is 0 Å². The maximum Gasteiger partial charge on any atom is 0.186 e. The van der Waals surface area contributed by atoms with Gasteiger partial charge in [-0.05, 0) is 26.1 Å². The second kappa shape index (κ2) is 5.11. The predicted molar refractivity (Wildman–Crippen MR) is 57.6 cm³/mol. The molecule has 0 aromatic heterocycles. The Balaban J connectivity index is 3.54. The van der Waals surface area contributed by atoms with Crippen LogP contribution in [0.1, 0.15) is 6.92 Å². The third kappa shape index (κ3) is 6.78. The van der Waals surface area contributed by atoms with Crippen molar-refractivity contribution in [2.45, 2.75) is 45.2 Å². The summed E-state index contributed by atoms with van der Waals surface area (Å²) < 4.78 is 5.74. The van der Waals surface area contributed by atoms with Crippen LogP contribution in [0.3, 0.4) is 0 Å². The maximum absolute atomic E-state index is 5.74. The van der Waals surface area contributed by atoms with Gasteiger partial charge >= 0.3 is 0 Å². The van der Waals surface area contributed by atoms with Crippen LogP contribution >= 0.6 is 0 Å². The molecule has 0 aromatic carbocycles. The van der Waals surface area contributed by atoms with Gasteiger partial charge in [-0.25, -0.2) is 0 Å². The van der Waals surface area contributed by atoms with Gasteiger partial charge in [0.1, 0.15) is 0 Å². The molecule has 0 heterocycles. The smallest absolute Gasteiger partial charge is 0.186 e. The van der Waals surface area contributed by atoms with E-state index in [-0.39, 0.29) is 8.80 Å². The Hall–Kier alpha value is 0.394. The van der Waals surface area contributed by atoms with Crippen molar-refractivity contribution in [1.82, 2.24) is 0 Å². The summed E-state index contributed by atoms with van der Waals surface area (Å²) in [4.78, 5) is 0. The van der Waals surface area contributed by atoms with Crippen LogP contribution in [0.25, 0.3) is 0 Å². The Bertz CT molecular complexity index is 102. The third-order valence-corrected chi connectivity index (χ3v) is 6.44. The van der Waals surface area contributed by atoms with E-state index in [0.29, 0.717) is 0 Å². The van der Waals surface area contributed by atoms with Gasteiger partial charge in [-0.15, -0.1) is 0 Å². The second-order valence-corrected chi connectivity index (χ2v) is 11.8. The Kier molecular flexibility index (Phi) is 5.30. The molecule has 1 nitrogen and oxygen atoms in total. The van der Waals surface area contributed by atoms with E-state index in [0.717, 1.165) is 6.61 Å². The molecule has 0 rings (SSSR count). The van der Waals surface area contributed by atoms with Gasteiger partial charge in [0, 0.05) is 15.4 Å². The van der Waals surface area contributed by atoms with Crippen LogP contribution in [0, 0.1) is 0 Å². The highest BCUT2D eigenvalue weighted by Crippen LogP contribution is 2.15. The molecule has 0 amide bonds. The van der Waals surface area contributed by atoms with Crippen LogP contribution in [0.4, 0.5) is 0 Å². The first-order valence-corrected chi connectivity index (χ1v) is 10.9. The molecular weight excluding hydrogens is 168 g/mol. The zero-order valence-corrected chi connectivity index (χ0v) is 10.8. The van der Waals surface area contributed by atoms with Crippen LogP contribution in [0.2, 0.25) is 38.3 Å². The SMILES string of the molecule is CCO[Si](C)(C)CC[SiH](C)C. The molecule has 68 valence electrons. The number of rotatable bonds is 5. The molecule has 0 saturated heterocycles. The summed E-state index contributed by atoms with van der Waals surface area (Å²) in [5, 5.41) is 0. The quantitative estimate of drug-likeness (QED) is 0.606. The molecule has 11 heavy (non-hydrogen) atoms. The summed E-state index contributed by atoms with van der Waals surface area (Å²) in [7, 11) is -1.57. The third-order valence-electron chi connectivity index (χ3n) is 1.86. The zero-order chi connectivity index (χ0) is 8.91. The summed E-state index contributed by atoms with van der Waals surface area (Å²) in [5.74, 6) is 0. The largest absolute Gasteiger partial charge is 0.418 e. The lowest BCUT2D eigenvalue weighted by Gasteiger charge is -2.22. The van der Waals surface area contributed by atoms with Gasteiger partial charge in [0.25, 0.3) is 0 Å². The summed E-state index contributed by atoms with van der Waals surface area (Å²) in [6, 6.07) is 2.82. The highest BCUT2D eigenvalue weighted by molar-refractivity contribution is 6.72. The van der Waals surface area contributed by atoms with Crippen LogP contribution in [0.15, 0.2) is 0 Å². The Morgan fingerprint density at radius 2 is 1.82 bits per heavy atom. The summed E-state index contributed by atoms with van der Waals surface area (Å²) >= 11 is 0. The maximum atomic E-state index is 5.74. The monoisotopic (exact) mass is 190 g/mol. The lowest BCUT2D eigenvalue weighted by Crippen LogP contribution is -2.30. The minimum atomic E-state index is -1.23. The molecule has 0 radical (unpaired) electrons. The predicted octanol–water partition coefficient (Wildman–Crippen LogP) is 2.71. The molecule has 0 fully saturated rings. The highest BCUT2D eigenvalue weighted by Gasteiger charge is 2.21. The fourth-order valence-corrected chi connectivity index (χ4v) is 7.12. The molecule has 0 aliphatic carbocycles. The molecule has 0 aromatic rings. The van der Waals surface area contributed by atoms with Gasteiger partial charge in [-0.1, -0.05) is 19.1 Å². The molecule has 3 heteroatoms. The van der Waals surface area contributed by atoms with Crippen molar-refractivity contribution in [3.05, 3.63) is 0 Å². The van der Waals surface area contributed by atoms with E-state index in [2.05, 4.69) is 33.1 Å². The van der Waals surface area contributed by atoms with Crippen molar-refractivity contribution >= 4 is 17.1 Å². The van der Waals surface area contributed by atoms with E-state index < -0.39 is 8.32 Å². The molecule has 0 unspecified atom stereocenters. The van der Waals surface area contributed by atoms with Gasteiger partial charge in [0.15, 0.2) is 8.32 Å². The number of hydrogen-bond donors (Lipinski definition) is 0. The molecule has 0 spiro atoms. The Morgan fingerprint density at radius 1 is 1.27 bits per heavy atom.